The summed E-state index contributed by atoms with van der Waals surface area (Å²) in [6.45, 7) is 9.24. The summed E-state index contributed by atoms with van der Waals surface area (Å²) in [4.78, 5) is 4.54. The van der Waals surface area contributed by atoms with E-state index in [1.807, 2.05) is 31.6 Å². The summed E-state index contributed by atoms with van der Waals surface area (Å²) >= 11 is 0. The molecule has 114 valence electrons. The standard InChI is InChI=1S/C14H27N5O/c1-5-15-14(16-8-6-10-20-12(2)3)17-11-13-7-9-18-19(13)4/h7,9,12H,5-6,8,10-11H2,1-4H3,(H2,15,16,17). The maximum Gasteiger partial charge on any atom is 0.191 e. The minimum atomic E-state index is 0.293. The third kappa shape index (κ3) is 6.56. The molecule has 20 heavy (non-hydrogen) atoms. The van der Waals surface area contributed by atoms with Gasteiger partial charge in [0.15, 0.2) is 5.96 Å². The normalized spacial score (nSPS) is 11.9. The first kappa shape index (κ1) is 16.5. The van der Waals surface area contributed by atoms with Crippen molar-refractivity contribution in [3.8, 4) is 0 Å². The fraction of sp³-hybridized carbons (Fsp3) is 0.714. The minimum Gasteiger partial charge on any atom is -0.379 e. The molecule has 0 spiro atoms. The van der Waals surface area contributed by atoms with E-state index in [1.54, 1.807) is 6.20 Å². The van der Waals surface area contributed by atoms with Crippen molar-refractivity contribution in [1.29, 1.82) is 0 Å². The van der Waals surface area contributed by atoms with Gasteiger partial charge in [0.2, 0.25) is 0 Å². The van der Waals surface area contributed by atoms with Gasteiger partial charge < -0.3 is 15.4 Å². The van der Waals surface area contributed by atoms with Crippen LogP contribution in [-0.4, -0.2) is 41.5 Å². The summed E-state index contributed by atoms with van der Waals surface area (Å²) in [6, 6.07) is 1.98. The topological polar surface area (TPSA) is 63.5 Å². The molecular weight excluding hydrogens is 254 g/mol. The molecule has 6 nitrogen and oxygen atoms in total. The summed E-state index contributed by atoms with van der Waals surface area (Å²) in [5.74, 6) is 0.832. The van der Waals surface area contributed by atoms with Crippen molar-refractivity contribution in [3.63, 3.8) is 0 Å². The van der Waals surface area contributed by atoms with Crippen molar-refractivity contribution in [1.82, 2.24) is 20.4 Å². The maximum absolute atomic E-state index is 5.51. The Morgan fingerprint density at radius 1 is 1.45 bits per heavy atom. The average molecular weight is 281 g/mol. The van der Waals surface area contributed by atoms with Crippen molar-refractivity contribution in [2.24, 2.45) is 12.0 Å². The van der Waals surface area contributed by atoms with Gasteiger partial charge in [0.1, 0.15) is 0 Å². The molecule has 0 saturated heterocycles. The van der Waals surface area contributed by atoms with Gasteiger partial charge in [-0.3, -0.25) is 4.68 Å². The highest BCUT2D eigenvalue weighted by atomic mass is 16.5. The van der Waals surface area contributed by atoms with Crippen molar-refractivity contribution in [2.75, 3.05) is 19.7 Å². The summed E-state index contributed by atoms with van der Waals surface area (Å²) in [7, 11) is 1.93. The highest BCUT2D eigenvalue weighted by molar-refractivity contribution is 5.79. The van der Waals surface area contributed by atoms with E-state index in [-0.39, 0.29) is 0 Å². The molecule has 1 aromatic rings. The number of hydrogen-bond donors (Lipinski definition) is 2. The molecule has 0 bridgehead atoms. The molecule has 0 radical (unpaired) electrons. The van der Waals surface area contributed by atoms with Crippen LogP contribution in [0.2, 0.25) is 0 Å². The van der Waals surface area contributed by atoms with Crippen molar-refractivity contribution in [3.05, 3.63) is 18.0 Å². The molecule has 0 saturated carbocycles. The largest absolute Gasteiger partial charge is 0.379 e. The van der Waals surface area contributed by atoms with Crippen molar-refractivity contribution < 1.29 is 4.74 Å². The van der Waals surface area contributed by atoms with E-state index in [0.29, 0.717) is 12.6 Å². The van der Waals surface area contributed by atoms with Gasteiger partial charge in [-0.15, -0.1) is 0 Å². The number of nitrogens with one attached hydrogen (secondary N) is 2. The molecule has 1 aromatic heterocycles. The average Bonchev–Trinajstić information content (AvgIpc) is 2.80. The third-order valence-corrected chi connectivity index (χ3v) is 2.73. The van der Waals surface area contributed by atoms with Crippen LogP contribution < -0.4 is 10.6 Å². The molecule has 0 aliphatic carbocycles. The minimum absolute atomic E-state index is 0.293. The summed E-state index contributed by atoms with van der Waals surface area (Å²) < 4.78 is 7.34. The Morgan fingerprint density at radius 2 is 2.25 bits per heavy atom. The van der Waals surface area contributed by atoms with Gasteiger partial charge in [-0.1, -0.05) is 0 Å². The fourth-order valence-electron chi connectivity index (χ4n) is 1.66. The van der Waals surface area contributed by atoms with E-state index in [1.165, 1.54) is 0 Å². The zero-order valence-electron chi connectivity index (χ0n) is 13.0. The van der Waals surface area contributed by atoms with Gasteiger partial charge in [0, 0.05) is 32.9 Å². The maximum atomic E-state index is 5.51. The Kier molecular flexibility index (Phi) is 7.72. The van der Waals surface area contributed by atoms with Gasteiger partial charge >= 0.3 is 0 Å². The second kappa shape index (κ2) is 9.36. The van der Waals surface area contributed by atoms with Crippen LogP contribution in [-0.2, 0) is 18.3 Å². The highest BCUT2D eigenvalue weighted by Crippen LogP contribution is 1.98. The lowest BCUT2D eigenvalue weighted by Crippen LogP contribution is -2.38. The first-order valence-electron chi connectivity index (χ1n) is 7.24. The van der Waals surface area contributed by atoms with E-state index in [4.69, 9.17) is 4.74 Å². The molecule has 0 aliphatic rings. The summed E-state index contributed by atoms with van der Waals surface area (Å²) in [6.07, 6.45) is 3.05. The smallest absolute Gasteiger partial charge is 0.191 e. The van der Waals surface area contributed by atoms with Crippen LogP contribution in [0.15, 0.2) is 17.3 Å². The van der Waals surface area contributed by atoms with Crippen LogP contribution in [0.1, 0.15) is 32.9 Å². The number of hydrogen-bond acceptors (Lipinski definition) is 3. The van der Waals surface area contributed by atoms with Crippen LogP contribution in [0.5, 0.6) is 0 Å². The lowest BCUT2D eigenvalue weighted by molar-refractivity contribution is 0.0776. The molecule has 0 fully saturated rings. The first-order chi connectivity index (χ1) is 9.63. The summed E-state index contributed by atoms with van der Waals surface area (Å²) in [5, 5.41) is 10.7. The number of rotatable bonds is 8. The molecule has 1 rings (SSSR count). The molecule has 0 atom stereocenters. The Morgan fingerprint density at radius 3 is 2.85 bits per heavy atom. The van der Waals surface area contributed by atoms with E-state index in [0.717, 1.165) is 37.8 Å². The Hall–Kier alpha value is -1.56. The molecule has 2 N–H and O–H groups in total. The predicted molar refractivity (Wildman–Crippen MR) is 81.7 cm³/mol. The van der Waals surface area contributed by atoms with Gasteiger partial charge in [-0.25, -0.2) is 4.99 Å². The van der Waals surface area contributed by atoms with E-state index < -0.39 is 0 Å². The SMILES string of the molecule is CCNC(=NCc1ccnn1C)NCCCOC(C)C. The van der Waals surface area contributed by atoms with Gasteiger partial charge in [-0.2, -0.15) is 5.10 Å². The monoisotopic (exact) mass is 281 g/mol. The van der Waals surface area contributed by atoms with Gasteiger partial charge in [-0.05, 0) is 33.3 Å². The van der Waals surface area contributed by atoms with Crippen LogP contribution in [0.4, 0.5) is 0 Å². The molecule has 0 aromatic carbocycles. The number of aromatic nitrogens is 2. The lowest BCUT2D eigenvalue weighted by Gasteiger charge is -2.12. The van der Waals surface area contributed by atoms with E-state index >= 15 is 0 Å². The van der Waals surface area contributed by atoms with Gasteiger partial charge in [0.25, 0.3) is 0 Å². The van der Waals surface area contributed by atoms with E-state index in [2.05, 4.69) is 27.6 Å². The van der Waals surface area contributed by atoms with Crippen LogP contribution >= 0.6 is 0 Å². The second-order valence-electron chi connectivity index (χ2n) is 4.84. The van der Waals surface area contributed by atoms with Crippen molar-refractivity contribution in [2.45, 2.75) is 39.8 Å². The molecule has 0 amide bonds. The number of guanidine groups is 1. The lowest BCUT2D eigenvalue weighted by atomic mass is 10.4. The molecular formula is C14H27N5O. The number of aryl methyl sites for hydroxylation is 1. The fourth-order valence-corrected chi connectivity index (χ4v) is 1.66. The molecule has 6 heteroatoms. The van der Waals surface area contributed by atoms with Crippen LogP contribution in [0.3, 0.4) is 0 Å². The van der Waals surface area contributed by atoms with Crippen LogP contribution in [0.25, 0.3) is 0 Å². The zero-order chi connectivity index (χ0) is 14.8. The Labute approximate surface area is 121 Å². The Bertz CT molecular complexity index is 400. The van der Waals surface area contributed by atoms with Crippen molar-refractivity contribution >= 4 is 5.96 Å². The second-order valence-corrected chi connectivity index (χ2v) is 4.84. The molecule has 0 aliphatic heterocycles. The molecule has 1 heterocycles. The predicted octanol–water partition coefficient (Wildman–Crippen LogP) is 1.29. The number of aliphatic imine (C=N–C) groups is 1. The molecule has 0 unspecified atom stereocenters. The highest BCUT2D eigenvalue weighted by Gasteiger charge is 2.00. The summed E-state index contributed by atoms with van der Waals surface area (Å²) in [5.41, 5.74) is 1.09. The van der Waals surface area contributed by atoms with Gasteiger partial charge in [0.05, 0.1) is 18.3 Å². The number of nitrogens with zero attached hydrogens (tertiary/aromatic N) is 3. The quantitative estimate of drug-likeness (QED) is 0.428. The third-order valence-electron chi connectivity index (χ3n) is 2.73. The number of ether oxygens (including phenoxy) is 1. The van der Waals surface area contributed by atoms with Crippen LogP contribution in [0, 0.1) is 0 Å². The Balaban J connectivity index is 2.34. The van der Waals surface area contributed by atoms with E-state index in [9.17, 15) is 0 Å². The first-order valence-corrected chi connectivity index (χ1v) is 7.24. The zero-order valence-corrected chi connectivity index (χ0v) is 13.0.